The monoisotopic (exact) mass is 466 g/mol. The van der Waals surface area contributed by atoms with E-state index < -0.39 is 0 Å². The Morgan fingerprint density at radius 2 is 2.00 bits per heavy atom. The van der Waals surface area contributed by atoms with Crippen molar-refractivity contribution in [2.24, 2.45) is 0 Å². The first-order valence-electron chi connectivity index (χ1n) is 10.4. The molecular formula is C23H26N6OS2. The van der Waals surface area contributed by atoms with Gasteiger partial charge in [-0.2, -0.15) is 11.8 Å². The van der Waals surface area contributed by atoms with Crippen LogP contribution < -0.4 is 5.32 Å². The molecule has 1 N–H and O–H groups in total. The number of pyridine rings is 1. The standard InChI is InChI=1S/C23H26N6OS2/c1-16-7-6-8-19(17(16)2)28-13-11-24-23(28)32-15-21(30)25-18(10-14-31-3)22-27-26-20-9-4-5-12-29(20)22/h4-9,11-13,18H,10,14-15H2,1-3H3,(H,25,30). The predicted molar refractivity (Wildman–Crippen MR) is 131 cm³/mol. The van der Waals surface area contributed by atoms with Crippen LogP contribution in [0.15, 0.2) is 60.1 Å². The van der Waals surface area contributed by atoms with E-state index in [2.05, 4.69) is 52.7 Å². The number of aromatic nitrogens is 5. The van der Waals surface area contributed by atoms with Crippen LogP contribution in [0.4, 0.5) is 0 Å². The summed E-state index contributed by atoms with van der Waals surface area (Å²) in [6, 6.07) is 11.8. The molecule has 1 unspecified atom stereocenters. The summed E-state index contributed by atoms with van der Waals surface area (Å²) in [5.74, 6) is 1.89. The van der Waals surface area contributed by atoms with Gasteiger partial charge < -0.3 is 5.32 Å². The second kappa shape index (κ2) is 10.2. The molecule has 166 valence electrons. The van der Waals surface area contributed by atoms with Gasteiger partial charge in [-0.1, -0.05) is 30.0 Å². The molecule has 1 amide bonds. The number of aryl methyl sites for hydroxylation is 1. The highest BCUT2D eigenvalue weighted by atomic mass is 32.2. The minimum absolute atomic E-state index is 0.0516. The van der Waals surface area contributed by atoms with Gasteiger partial charge in [0.25, 0.3) is 0 Å². The minimum Gasteiger partial charge on any atom is -0.345 e. The molecule has 1 atom stereocenters. The van der Waals surface area contributed by atoms with Gasteiger partial charge >= 0.3 is 0 Å². The minimum atomic E-state index is -0.202. The van der Waals surface area contributed by atoms with E-state index in [4.69, 9.17) is 0 Å². The SMILES string of the molecule is CSCCC(NC(=O)CSc1nccn1-c1cccc(C)c1C)c1nnc2ccccn12. The van der Waals surface area contributed by atoms with E-state index in [1.165, 1.54) is 22.9 Å². The number of rotatable bonds is 9. The lowest BCUT2D eigenvalue weighted by Crippen LogP contribution is -2.31. The molecule has 0 saturated heterocycles. The van der Waals surface area contributed by atoms with Crippen molar-refractivity contribution >= 4 is 35.1 Å². The summed E-state index contributed by atoms with van der Waals surface area (Å²) in [7, 11) is 0. The molecule has 4 aromatic rings. The van der Waals surface area contributed by atoms with Crippen molar-refractivity contribution in [1.29, 1.82) is 0 Å². The molecule has 0 saturated carbocycles. The maximum Gasteiger partial charge on any atom is 0.231 e. The summed E-state index contributed by atoms with van der Waals surface area (Å²) >= 11 is 3.18. The number of amides is 1. The topological polar surface area (TPSA) is 77.1 Å². The fourth-order valence-corrected chi connectivity index (χ4v) is 4.79. The van der Waals surface area contributed by atoms with Crippen LogP contribution >= 0.6 is 23.5 Å². The van der Waals surface area contributed by atoms with Gasteiger partial charge in [0.15, 0.2) is 16.6 Å². The van der Waals surface area contributed by atoms with Crippen LogP contribution in [-0.2, 0) is 4.79 Å². The molecule has 0 aliphatic heterocycles. The first-order chi connectivity index (χ1) is 15.6. The maximum atomic E-state index is 12.9. The molecule has 0 radical (unpaired) electrons. The fourth-order valence-electron chi connectivity index (χ4n) is 3.54. The third kappa shape index (κ3) is 4.83. The Hall–Kier alpha value is -2.78. The smallest absolute Gasteiger partial charge is 0.231 e. The van der Waals surface area contributed by atoms with Gasteiger partial charge in [0.1, 0.15) is 0 Å². The number of nitrogens with zero attached hydrogens (tertiary/aromatic N) is 5. The zero-order chi connectivity index (χ0) is 22.5. The third-order valence-electron chi connectivity index (χ3n) is 5.37. The van der Waals surface area contributed by atoms with Gasteiger partial charge in [-0.05, 0) is 61.6 Å². The lowest BCUT2D eigenvalue weighted by atomic mass is 10.1. The third-order valence-corrected chi connectivity index (χ3v) is 6.98. The van der Waals surface area contributed by atoms with Gasteiger partial charge in [0.2, 0.25) is 5.91 Å². The van der Waals surface area contributed by atoms with Crippen molar-refractivity contribution in [3.05, 3.63) is 71.9 Å². The molecule has 1 aromatic carbocycles. The molecule has 4 rings (SSSR count). The molecule has 0 bridgehead atoms. The Balaban J connectivity index is 1.47. The van der Waals surface area contributed by atoms with Gasteiger partial charge in [-0.3, -0.25) is 13.8 Å². The van der Waals surface area contributed by atoms with E-state index in [0.29, 0.717) is 0 Å². The highest BCUT2D eigenvalue weighted by Crippen LogP contribution is 2.25. The highest BCUT2D eigenvalue weighted by Gasteiger charge is 2.21. The number of benzene rings is 1. The van der Waals surface area contributed by atoms with Gasteiger partial charge in [0.05, 0.1) is 17.5 Å². The maximum absolute atomic E-state index is 12.9. The lowest BCUT2D eigenvalue weighted by molar-refractivity contribution is -0.119. The van der Waals surface area contributed by atoms with Gasteiger partial charge in [0, 0.05) is 18.6 Å². The van der Waals surface area contributed by atoms with E-state index in [1.54, 1.807) is 18.0 Å². The first-order valence-corrected chi connectivity index (χ1v) is 12.8. The van der Waals surface area contributed by atoms with Crippen LogP contribution in [0.25, 0.3) is 11.3 Å². The molecule has 0 spiro atoms. The van der Waals surface area contributed by atoms with Crippen molar-refractivity contribution in [3.8, 4) is 5.69 Å². The molecule has 0 aliphatic carbocycles. The van der Waals surface area contributed by atoms with Crippen molar-refractivity contribution in [1.82, 2.24) is 29.5 Å². The van der Waals surface area contributed by atoms with Crippen LogP contribution in [0.3, 0.4) is 0 Å². The second-order valence-corrected chi connectivity index (χ2v) is 9.40. The summed E-state index contributed by atoms with van der Waals surface area (Å²) in [6.45, 7) is 4.20. The summed E-state index contributed by atoms with van der Waals surface area (Å²) in [5, 5.41) is 12.5. The van der Waals surface area contributed by atoms with Gasteiger partial charge in [-0.25, -0.2) is 4.98 Å². The quantitative estimate of drug-likeness (QED) is 0.372. The van der Waals surface area contributed by atoms with Crippen LogP contribution in [0.1, 0.15) is 29.4 Å². The number of fused-ring (bicyclic) bond motifs is 1. The summed E-state index contributed by atoms with van der Waals surface area (Å²) in [5.41, 5.74) is 4.28. The van der Waals surface area contributed by atoms with E-state index in [1.807, 2.05) is 45.6 Å². The van der Waals surface area contributed by atoms with Crippen LogP contribution in [0.2, 0.25) is 0 Å². The van der Waals surface area contributed by atoms with E-state index >= 15 is 0 Å². The van der Waals surface area contributed by atoms with E-state index in [0.717, 1.165) is 34.5 Å². The normalized spacial score (nSPS) is 12.2. The van der Waals surface area contributed by atoms with Crippen molar-refractivity contribution in [2.45, 2.75) is 31.5 Å². The van der Waals surface area contributed by atoms with E-state index in [9.17, 15) is 4.79 Å². The zero-order valence-electron chi connectivity index (χ0n) is 18.4. The predicted octanol–water partition coefficient (Wildman–Crippen LogP) is 4.23. The number of hydrogen-bond donors (Lipinski definition) is 1. The average molecular weight is 467 g/mol. The van der Waals surface area contributed by atoms with Crippen molar-refractivity contribution in [3.63, 3.8) is 0 Å². The largest absolute Gasteiger partial charge is 0.345 e. The summed E-state index contributed by atoms with van der Waals surface area (Å²) < 4.78 is 3.98. The number of nitrogens with one attached hydrogen (secondary N) is 1. The van der Waals surface area contributed by atoms with Crippen LogP contribution in [0.5, 0.6) is 0 Å². The zero-order valence-corrected chi connectivity index (χ0v) is 20.0. The van der Waals surface area contributed by atoms with Crippen molar-refractivity contribution < 1.29 is 4.79 Å². The molecular weight excluding hydrogens is 440 g/mol. The Labute approximate surface area is 196 Å². The number of imidazole rings is 1. The number of carbonyl (C=O) groups is 1. The second-order valence-electron chi connectivity index (χ2n) is 7.48. The number of thioether (sulfide) groups is 2. The fraction of sp³-hybridized carbons (Fsp3) is 0.304. The van der Waals surface area contributed by atoms with E-state index in [-0.39, 0.29) is 17.7 Å². The molecule has 32 heavy (non-hydrogen) atoms. The van der Waals surface area contributed by atoms with Crippen LogP contribution in [0, 0.1) is 13.8 Å². The molecule has 3 aromatic heterocycles. The Bertz CT molecular complexity index is 1220. The molecule has 9 heteroatoms. The Morgan fingerprint density at radius 1 is 1.12 bits per heavy atom. The van der Waals surface area contributed by atoms with Crippen LogP contribution in [-0.4, -0.2) is 47.8 Å². The summed E-state index contributed by atoms with van der Waals surface area (Å²) in [4.78, 5) is 17.3. The summed E-state index contributed by atoms with van der Waals surface area (Å²) in [6.07, 6.45) is 8.48. The first kappa shape index (κ1) is 22.4. The lowest BCUT2D eigenvalue weighted by Gasteiger charge is -2.17. The Morgan fingerprint density at radius 3 is 2.84 bits per heavy atom. The molecule has 0 aliphatic rings. The Kier molecular flexibility index (Phi) is 7.16. The number of hydrogen-bond acceptors (Lipinski definition) is 6. The molecule has 7 nitrogen and oxygen atoms in total. The number of carbonyl (C=O) groups excluding carboxylic acids is 1. The molecule has 3 heterocycles. The van der Waals surface area contributed by atoms with Gasteiger partial charge in [-0.15, -0.1) is 10.2 Å². The average Bonchev–Trinajstić information content (AvgIpc) is 3.44. The molecule has 0 fully saturated rings. The van der Waals surface area contributed by atoms with Crippen molar-refractivity contribution in [2.75, 3.05) is 17.8 Å². The highest BCUT2D eigenvalue weighted by molar-refractivity contribution is 7.99.